The molecule has 2 N–H and O–H groups in total. The van der Waals surface area contributed by atoms with E-state index in [2.05, 4.69) is 17.2 Å². The highest BCUT2D eigenvalue weighted by atomic mass is 16.6. The van der Waals surface area contributed by atoms with Crippen LogP contribution in [0.5, 0.6) is 5.75 Å². The van der Waals surface area contributed by atoms with Gasteiger partial charge < -0.3 is 39.1 Å². The van der Waals surface area contributed by atoms with Crippen molar-refractivity contribution < 1.29 is 62.0 Å². The molecule has 0 aromatic heterocycles. The Balaban J connectivity index is 2.70. The molecule has 1 aromatic rings. The van der Waals surface area contributed by atoms with Crippen LogP contribution in [0.4, 0.5) is 0 Å². The number of carbonyl (C=O) groups excluding carboxylic acids is 7. The van der Waals surface area contributed by atoms with Gasteiger partial charge in [-0.05, 0) is 44.0 Å². The number of ether oxygens (including phenoxy) is 6. The molecular formula is C33H44N2O13. The molecule has 0 radical (unpaired) electrons. The monoisotopic (exact) mass is 676 g/mol. The van der Waals surface area contributed by atoms with Crippen LogP contribution in [-0.4, -0.2) is 90.9 Å². The number of carbonyl (C=O) groups is 7. The Morgan fingerprint density at radius 2 is 1.54 bits per heavy atom. The van der Waals surface area contributed by atoms with Crippen LogP contribution in [0.3, 0.4) is 0 Å². The van der Waals surface area contributed by atoms with E-state index < -0.39 is 83.8 Å². The molecule has 1 aliphatic heterocycles. The highest BCUT2D eigenvalue weighted by molar-refractivity contribution is 5.95. The third kappa shape index (κ3) is 9.86. The Morgan fingerprint density at radius 3 is 2.00 bits per heavy atom. The van der Waals surface area contributed by atoms with E-state index in [0.717, 1.165) is 27.9 Å². The standard InChI is InChI=1S/C33H44N2O13/c1-11-12-33(31(42)43-10)16-32(9,47-23(8)40)29(35-19(4)36)28(48-33)27(46-22(7)39)25(44-20(5)37)15-34-30(41)24-13-17(2)26(18(3)14-24)45-21(6)38/h11,13-14,25,27-29H,1,12,15-16H2,2-10H3,(H,34,41)(H,35,36)/t25-,27-,28+,29+,32?,33-/m1/s1. The largest absolute Gasteiger partial charge is 0.467 e. The molecule has 1 heterocycles. The first-order valence-electron chi connectivity index (χ1n) is 15.0. The molecule has 6 atom stereocenters. The first-order chi connectivity index (χ1) is 22.3. The average Bonchev–Trinajstić information content (AvgIpc) is 2.95. The number of nitrogens with one attached hydrogen (secondary N) is 2. The van der Waals surface area contributed by atoms with Gasteiger partial charge >= 0.3 is 29.8 Å². The molecule has 2 amide bonds. The lowest BCUT2D eigenvalue weighted by molar-refractivity contribution is -0.256. The molecule has 1 aliphatic rings. The third-order valence-corrected chi connectivity index (χ3v) is 7.49. The summed E-state index contributed by atoms with van der Waals surface area (Å²) in [6.07, 6.45) is -3.72. The molecule has 15 heteroatoms. The first-order valence-corrected chi connectivity index (χ1v) is 15.0. The summed E-state index contributed by atoms with van der Waals surface area (Å²) in [4.78, 5) is 88.0. The van der Waals surface area contributed by atoms with Crippen LogP contribution in [0.1, 0.15) is 75.9 Å². The number of rotatable bonds is 13. The van der Waals surface area contributed by atoms with Crippen molar-refractivity contribution >= 4 is 41.7 Å². The summed E-state index contributed by atoms with van der Waals surface area (Å²) in [6.45, 7) is 13.8. The summed E-state index contributed by atoms with van der Waals surface area (Å²) in [5, 5.41) is 5.32. The molecule has 1 saturated heterocycles. The second kappa shape index (κ2) is 16.4. The van der Waals surface area contributed by atoms with Crippen LogP contribution in [0.15, 0.2) is 24.8 Å². The summed E-state index contributed by atoms with van der Waals surface area (Å²) in [5.74, 6) is -4.79. The number of hydrogen-bond donors (Lipinski definition) is 2. The van der Waals surface area contributed by atoms with E-state index in [1.807, 2.05) is 0 Å². The van der Waals surface area contributed by atoms with Crippen LogP contribution < -0.4 is 15.4 Å². The van der Waals surface area contributed by atoms with Crippen molar-refractivity contribution in [1.82, 2.24) is 10.6 Å². The number of amides is 2. The average molecular weight is 677 g/mol. The van der Waals surface area contributed by atoms with Crippen molar-refractivity contribution in [3.8, 4) is 5.75 Å². The van der Waals surface area contributed by atoms with Gasteiger partial charge in [-0.3, -0.25) is 28.8 Å². The number of benzene rings is 1. The highest BCUT2D eigenvalue weighted by Gasteiger charge is 2.62. The maximum absolute atomic E-state index is 13.4. The Kier molecular flexibility index (Phi) is 13.4. The lowest BCUT2D eigenvalue weighted by atomic mass is 9.74. The molecule has 0 aliphatic carbocycles. The van der Waals surface area contributed by atoms with Gasteiger partial charge in [0.05, 0.1) is 19.7 Å². The summed E-state index contributed by atoms with van der Waals surface area (Å²) in [5.41, 5.74) is -2.37. The van der Waals surface area contributed by atoms with Gasteiger partial charge in [-0.25, -0.2) is 4.79 Å². The van der Waals surface area contributed by atoms with E-state index in [0.29, 0.717) is 16.9 Å². The van der Waals surface area contributed by atoms with Gasteiger partial charge in [0.15, 0.2) is 17.8 Å². The van der Waals surface area contributed by atoms with Gasteiger partial charge in [0.1, 0.15) is 17.5 Å². The minimum absolute atomic E-state index is 0.163. The molecule has 0 bridgehead atoms. The lowest BCUT2D eigenvalue weighted by Gasteiger charge is -2.53. The molecule has 2 rings (SSSR count). The fraction of sp³-hybridized carbons (Fsp3) is 0.545. The predicted octanol–water partition coefficient (Wildman–Crippen LogP) is 1.93. The Bertz CT molecular complexity index is 1430. The topological polar surface area (TPSA) is 199 Å². The zero-order valence-electron chi connectivity index (χ0n) is 28.7. The summed E-state index contributed by atoms with van der Waals surface area (Å²) in [6, 6.07) is 1.69. The van der Waals surface area contributed by atoms with E-state index in [1.54, 1.807) is 13.8 Å². The third-order valence-electron chi connectivity index (χ3n) is 7.49. The van der Waals surface area contributed by atoms with Gasteiger partial charge in [0.2, 0.25) is 5.91 Å². The molecule has 15 nitrogen and oxygen atoms in total. The molecule has 264 valence electrons. The fourth-order valence-electron chi connectivity index (χ4n) is 5.94. The van der Waals surface area contributed by atoms with Gasteiger partial charge in [0, 0.05) is 53.0 Å². The zero-order chi connectivity index (χ0) is 36.6. The fourth-order valence-corrected chi connectivity index (χ4v) is 5.94. The van der Waals surface area contributed by atoms with Crippen LogP contribution in [0.25, 0.3) is 0 Å². The first kappa shape index (κ1) is 39.4. The Morgan fingerprint density at radius 1 is 0.958 bits per heavy atom. The highest BCUT2D eigenvalue weighted by Crippen LogP contribution is 2.43. The lowest BCUT2D eigenvalue weighted by Crippen LogP contribution is -2.73. The van der Waals surface area contributed by atoms with Crippen LogP contribution in [0, 0.1) is 13.8 Å². The van der Waals surface area contributed by atoms with Crippen molar-refractivity contribution in [1.29, 1.82) is 0 Å². The molecule has 0 spiro atoms. The number of aryl methyl sites for hydroxylation is 2. The quantitative estimate of drug-likeness (QED) is 0.133. The van der Waals surface area contributed by atoms with E-state index in [-0.39, 0.29) is 18.4 Å². The van der Waals surface area contributed by atoms with Crippen LogP contribution in [-0.2, 0) is 52.5 Å². The Labute approximate surface area is 279 Å². The van der Waals surface area contributed by atoms with Crippen molar-refractivity contribution in [2.45, 2.75) is 104 Å². The van der Waals surface area contributed by atoms with E-state index in [4.69, 9.17) is 28.4 Å². The molecule has 1 aromatic carbocycles. The summed E-state index contributed by atoms with van der Waals surface area (Å²) >= 11 is 0. The van der Waals surface area contributed by atoms with Crippen molar-refractivity contribution in [2.24, 2.45) is 0 Å². The Hall–Kier alpha value is -4.79. The van der Waals surface area contributed by atoms with E-state index in [1.165, 1.54) is 39.0 Å². The molecule has 1 unspecified atom stereocenters. The minimum atomic E-state index is -1.87. The van der Waals surface area contributed by atoms with Gasteiger partial charge in [-0.1, -0.05) is 6.08 Å². The van der Waals surface area contributed by atoms with Gasteiger partial charge in [-0.15, -0.1) is 6.58 Å². The normalized spacial score (nSPS) is 22.9. The molecular weight excluding hydrogens is 632 g/mol. The minimum Gasteiger partial charge on any atom is -0.467 e. The van der Waals surface area contributed by atoms with E-state index >= 15 is 0 Å². The van der Waals surface area contributed by atoms with E-state index in [9.17, 15) is 33.6 Å². The van der Waals surface area contributed by atoms with Crippen molar-refractivity contribution in [3.63, 3.8) is 0 Å². The second-order valence-electron chi connectivity index (χ2n) is 11.8. The predicted molar refractivity (Wildman–Crippen MR) is 167 cm³/mol. The second-order valence-corrected chi connectivity index (χ2v) is 11.8. The summed E-state index contributed by atoms with van der Waals surface area (Å²) in [7, 11) is 1.12. The SMILES string of the molecule is C=CC[C@]1(C(=O)OC)CC(C)(OC(C)=O)[C@@H](NC(C)=O)[C@H]([C@H](OC(C)=O)[C@@H](CNC(=O)c2cc(C)c(OC(C)=O)c(C)c2)OC(C)=O)O1. The molecule has 1 fully saturated rings. The maximum Gasteiger partial charge on any atom is 0.338 e. The molecule has 0 saturated carbocycles. The van der Waals surface area contributed by atoms with Gasteiger partial charge in [0.25, 0.3) is 5.91 Å². The smallest absolute Gasteiger partial charge is 0.338 e. The summed E-state index contributed by atoms with van der Waals surface area (Å²) < 4.78 is 33.6. The number of esters is 5. The number of hydrogen-bond acceptors (Lipinski definition) is 13. The van der Waals surface area contributed by atoms with Crippen molar-refractivity contribution in [2.75, 3.05) is 13.7 Å². The van der Waals surface area contributed by atoms with Crippen LogP contribution in [0.2, 0.25) is 0 Å². The molecule has 48 heavy (non-hydrogen) atoms. The maximum atomic E-state index is 13.4. The number of methoxy groups -OCH3 is 1. The zero-order valence-corrected chi connectivity index (χ0v) is 28.7. The van der Waals surface area contributed by atoms with Crippen LogP contribution >= 0.6 is 0 Å². The van der Waals surface area contributed by atoms with Crippen molar-refractivity contribution in [3.05, 3.63) is 41.5 Å². The van der Waals surface area contributed by atoms with Gasteiger partial charge in [-0.2, -0.15) is 0 Å².